The van der Waals surface area contributed by atoms with Crippen LogP contribution in [0.15, 0.2) is 24.8 Å². The fraction of sp³-hybridized carbons (Fsp3) is 0.400. The number of carbonyl (C=O) groups excluding carboxylic acids is 2. The standard InChI is InChI=1S/C10H10O5/c1-2-9(11)15-10(12)14-8-5-6-3-4-7(8)13-6/h2-4,6-8H,1,5H2. The van der Waals surface area contributed by atoms with E-state index in [1.54, 1.807) is 0 Å². The second kappa shape index (κ2) is 3.86. The Labute approximate surface area is 86.3 Å². The maximum absolute atomic E-state index is 11.1. The van der Waals surface area contributed by atoms with Crippen LogP contribution in [-0.2, 0) is 19.0 Å². The van der Waals surface area contributed by atoms with Gasteiger partial charge in [0.05, 0.1) is 6.10 Å². The zero-order valence-corrected chi connectivity index (χ0v) is 7.92. The molecule has 5 heteroatoms. The summed E-state index contributed by atoms with van der Waals surface area (Å²) in [5.41, 5.74) is 0. The lowest BCUT2D eigenvalue weighted by Gasteiger charge is -2.14. The summed E-state index contributed by atoms with van der Waals surface area (Å²) in [6.45, 7) is 3.17. The number of fused-ring (bicyclic) bond motifs is 2. The number of esters is 1. The van der Waals surface area contributed by atoms with Gasteiger partial charge in [0, 0.05) is 12.5 Å². The zero-order chi connectivity index (χ0) is 10.8. The molecule has 2 bridgehead atoms. The highest BCUT2D eigenvalue weighted by atomic mass is 16.7. The van der Waals surface area contributed by atoms with Gasteiger partial charge in [-0.2, -0.15) is 0 Å². The van der Waals surface area contributed by atoms with Gasteiger partial charge in [0.25, 0.3) is 0 Å². The summed E-state index contributed by atoms with van der Waals surface area (Å²) in [6, 6.07) is 0. The third-order valence-corrected chi connectivity index (χ3v) is 2.28. The molecule has 0 aliphatic carbocycles. The highest BCUT2D eigenvalue weighted by Crippen LogP contribution is 2.30. The Bertz CT molecular complexity index is 333. The normalized spacial score (nSPS) is 31.3. The molecule has 1 saturated heterocycles. The number of ether oxygens (including phenoxy) is 3. The molecule has 2 heterocycles. The first kappa shape index (κ1) is 9.92. The lowest BCUT2D eigenvalue weighted by Crippen LogP contribution is -2.27. The zero-order valence-electron chi connectivity index (χ0n) is 7.92. The molecular formula is C10H10O5. The minimum Gasteiger partial charge on any atom is -0.427 e. The minimum atomic E-state index is -1.01. The van der Waals surface area contributed by atoms with E-state index in [0.717, 1.165) is 6.08 Å². The van der Waals surface area contributed by atoms with Crippen LogP contribution < -0.4 is 0 Å². The summed E-state index contributed by atoms with van der Waals surface area (Å²) in [5.74, 6) is -0.820. The smallest absolute Gasteiger partial charge is 0.427 e. The van der Waals surface area contributed by atoms with E-state index < -0.39 is 12.1 Å². The number of rotatable bonds is 2. The third-order valence-electron chi connectivity index (χ3n) is 2.28. The van der Waals surface area contributed by atoms with E-state index in [9.17, 15) is 9.59 Å². The van der Waals surface area contributed by atoms with Crippen molar-refractivity contribution in [1.82, 2.24) is 0 Å². The maximum atomic E-state index is 11.1. The summed E-state index contributed by atoms with van der Waals surface area (Å²) >= 11 is 0. The average molecular weight is 210 g/mol. The molecule has 0 amide bonds. The molecule has 0 aromatic heterocycles. The van der Waals surface area contributed by atoms with Crippen LogP contribution in [0.5, 0.6) is 0 Å². The van der Waals surface area contributed by atoms with E-state index >= 15 is 0 Å². The molecule has 2 aliphatic heterocycles. The number of carbonyl (C=O) groups is 2. The molecule has 0 radical (unpaired) electrons. The predicted molar refractivity (Wildman–Crippen MR) is 49.0 cm³/mol. The van der Waals surface area contributed by atoms with Crippen molar-refractivity contribution in [3.8, 4) is 0 Å². The largest absolute Gasteiger partial charge is 0.516 e. The Morgan fingerprint density at radius 1 is 1.47 bits per heavy atom. The van der Waals surface area contributed by atoms with Crippen LogP contribution in [0.4, 0.5) is 4.79 Å². The van der Waals surface area contributed by atoms with E-state index in [1.807, 2.05) is 12.2 Å². The lowest BCUT2D eigenvalue weighted by atomic mass is 10.1. The van der Waals surface area contributed by atoms with Crippen molar-refractivity contribution in [3.63, 3.8) is 0 Å². The predicted octanol–water partition coefficient (Wildman–Crippen LogP) is 0.948. The molecule has 0 aromatic carbocycles. The van der Waals surface area contributed by atoms with Gasteiger partial charge in [0.15, 0.2) is 0 Å². The second-order valence-electron chi connectivity index (χ2n) is 3.29. The van der Waals surface area contributed by atoms with Gasteiger partial charge in [0.2, 0.25) is 0 Å². The Morgan fingerprint density at radius 2 is 2.27 bits per heavy atom. The highest BCUT2D eigenvalue weighted by molar-refractivity contribution is 5.89. The van der Waals surface area contributed by atoms with Crippen molar-refractivity contribution in [2.24, 2.45) is 0 Å². The summed E-state index contributed by atoms with van der Waals surface area (Å²) in [7, 11) is 0. The van der Waals surface area contributed by atoms with Gasteiger partial charge < -0.3 is 14.2 Å². The van der Waals surface area contributed by atoms with Gasteiger partial charge in [-0.1, -0.05) is 18.7 Å². The van der Waals surface area contributed by atoms with Crippen molar-refractivity contribution in [1.29, 1.82) is 0 Å². The SMILES string of the molecule is C=CC(=O)OC(=O)OC1CC2C=CC1O2. The van der Waals surface area contributed by atoms with Gasteiger partial charge in [-0.05, 0) is 0 Å². The molecule has 0 aromatic rings. The fourth-order valence-electron chi connectivity index (χ4n) is 1.62. The molecule has 0 saturated carbocycles. The highest BCUT2D eigenvalue weighted by Gasteiger charge is 2.39. The van der Waals surface area contributed by atoms with Gasteiger partial charge in [-0.15, -0.1) is 0 Å². The van der Waals surface area contributed by atoms with Crippen LogP contribution in [0.25, 0.3) is 0 Å². The number of hydrogen-bond donors (Lipinski definition) is 0. The number of hydrogen-bond acceptors (Lipinski definition) is 5. The fourth-order valence-corrected chi connectivity index (χ4v) is 1.62. The topological polar surface area (TPSA) is 61.8 Å². The molecular weight excluding hydrogens is 200 g/mol. The molecule has 1 fully saturated rings. The second-order valence-corrected chi connectivity index (χ2v) is 3.29. The summed E-state index contributed by atoms with van der Waals surface area (Å²) in [5, 5.41) is 0. The van der Waals surface area contributed by atoms with Crippen LogP contribution in [0, 0.1) is 0 Å². The Hall–Kier alpha value is -1.62. The van der Waals surface area contributed by atoms with Gasteiger partial charge in [-0.25, -0.2) is 9.59 Å². The molecule has 5 nitrogen and oxygen atoms in total. The Kier molecular flexibility index (Phi) is 2.55. The summed E-state index contributed by atoms with van der Waals surface area (Å²) in [6.07, 6.45) is 3.72. The molecule has 15 heavy (non-hydrogen) atoms. The quantitative estimate of drug-likeness (QED) is 0.294. The van der Waals surface area contributed by atoms with Crippen LogP contribution >= 0.6 is 0 Å². The van der Waals surface area contributed by atoms with E-state index in [1.165, 1.54) is 0 Å². The Morgan fingerprint density at radius 3 is 2.80 bits per heavy atom. The van der Waals surface area contributed by atoms with Crippen LogP contribution in [0.2, 0.25) is 0 Å². The summed E-state index contributed by atoms with van der Waals surface area (Å²) in [4.78, 5) is 21.7. The average Bonchev–Trinajstić information content (AvgIpc) is 2.78. The molecule has 0 N–H and O–H groups in total. The first-order valence-electron chi connectivity index (χ1n) is 4.57. The van der Waals surface area contributed by atoms with Crippen molar-refractivity contribution in [2.45, 2.75) is 24.7 Å². The molecule has 3 unspecified atom stereocenters. The van der Waals surface area contributed by atoms with Crippen molar-refractivity contribution >= 4 is 12.1 Å². The van der Waals surface area contributed by atoms with E-state index in [2.05, 4.69) is 11.3 Å². The lowest BCUT2D eigenvalue weighted by molar-refractivity contribution is -0.135. The molecule has 3 atom stereocenters. The van der Waals surface area contributed by atoms with Gasteiger partial charge >= 0.3 is 12.1 Å². The minimum absolute atomic E-state index is 0.0166. The first-order chi connectivity index (χ1) is 7.19. The van der Waals surface area contributed by atoms with Crippen LogP contribution in [0.3, 0.4) is 0 Å². The first-order valence-corrected chi connectivity index (χ1v) is 4.57. The van der Waals surface area contributed by atoms with Crippen LogP contribution in [0.1, 0.15) is 6.42 Å². The van der Waals surface area contributed by atoms with Gasteiger partial charge in [-0.3, -0.25) is 0 Å². The van der Waals surface area contributed by atoms with Crippen molar-refractivity contribution in [3.05, 3.63) is 24.8 Å². The van der Waals surface area contributed by atoms with E-state index in [4.69, 9.17) is 9.47 Å². The van der Waals surface area contributed by atoms with E-state index in [0.29, 0.717) is 6.42 Å². The van der Waals surface area contributed by atoms with Crippen molar-refractivity contribution in [2.75, 3.05) is 0 Å². The van der Waals surface area contributed by atoms with E-state index in [-0.39, 0.29) is 18.3 Å². The molecule has 0 spiro atoms. The Balaban J connectivity index is 1.82. The van der Waals surface area contributed by atoms with Crippen LogP contribution in [-0.4, -0.2) is 30.4 Å². The summed E-state index contributed by atoms with van der Waals surface area (Å²) < 4.78 is 14.6. The molecule has 2 rings (SSSR count). The van der Waals surface area contributed by atoms with Gasteiger partial charge in [0.1, 0.15) is 12.2 Å². The molecule has 80 valence electrons. The maximum Gasteiger partial charge on any atom is 0.516 e. The third kappa shape index (κ3) is 2.07. The van der Waals surface area contributed by atoms with Crippen molar-refractivity contribution < 1.29 is 23.8 Å². The monoisotopic (exact) mass is 210 g/mol. The molecule has 2 aliphatic rings.